The Morgan fingerprint density at radius 2 is 1.79 bits per heavy atom. The summed E-state index contributed by atoms with van der Waals surface area (Å²) in [6.45, 7) is 0.582. The molecule has 1 aromatic carbocycles. The van der Waals surface area contributed by atoms with Gasteiger partial charge in [-0.05, 0) is 17.7 Å². The molecule has 74 valence electrons. The van der Waals surface area contributed by atoms with E-state index in [2.05, 4.69) is 0 Å². The zero-order chi connectivity index (χ0) is 9.10. The molecule has 0 fully saturated rings. The van der Waals surface area contributed by atoms with Gasteiger partial charge >= 0.3 is 0 Å². The van der Waals surface area contributed by atoms with Crippen molar-refractivity contribution in [2.24, 2.45) is 5.73 Å². The highest BCUT2D eigenvalue weighted by Gasteiger charge is 1.98. The lowest BCUT2D eigenvalue weighted by Gasteiger charge is -1.98. The quantitative estimate of drug-likeness (QED) is 0.826. The lowest BCUT2D eigenvalue weighted by atomic mass is 10.1. The fourth-order valence-corrected chi connectivity index (χ4v) is 1.25. The average Bonchev–Trinajstić information content (AvgIpc) is 2.71. The van der Waals surface area contributed by atoms with Crippen LogP contribution in [-0.4, -0.2) is 0 Å². The monoisotopic (exact) mass is 209 g/mol. The van der Waals surface area contributed by atoms with Gasteiger partial charge in [-0.15, -0.1) is 12.4 Å². The van der Waals surface area contributed by atoms with Crippen LogP contribution in [0.3, 0.4) is 0 Å². The van der Waals surface area contributed by atoms with Crippen molar-refractivity contribution in [2.75, 3.05) is 0 Å². The second kappa shape index (κ2) is 4.84. The minimum atomic E-state index is 0. The number of nitrogens with two attached hydrogens (primary N) is 1. The third-order valence-corrected chi connectivity index (χ3v) is 2.00. The van der Waals surface area contributed by atoms with Crippen molar-refractivity contribution in [1.29, 1.82) is 0 Å². The summed E-state index contributed by atoms with van der Waals surface area (Å²) >= 11 is 0. The van der Waals surface area contributed by atoms with E-state index in [0.29, 0.717) is 6.54 Å². The van der Waals surface area contributed by atoms with Gasteiger partial charge in [0.2, 0.25) is 0 Å². The van der Waals surface area contributed by atoms with Crippen molar-refractivity contribution < 1.29 is 4.42 Å². The molecule has 0 amide bonds. The molecule has 0 aliphatic heterocycles. The molecular weight excluding hydrogens is 198 g/mol. The van der Waals surface area contributed by atoms with Gasteiger partial charge in [-0.2, -0.15) is 0 Å². The van der Waals surface area contributed by atoms with Gasteiger partial charge in [0.1, 0.15) is 5.76 Å². The van der Waals surface area contributed by atoms with E-state index in [0.717, 1.165) is 16.9 Å². The SMILES string of the molecule is Cl.NCc1ccc(-c2ccco2)cc1. The van der Waals surface area contributed by atoms with Crippen LogP contribution in [0, 0.1) is 0 Å². The first-order valence-corrected chi connectivity index (χ1v) is 4.23. The van der Waals surface area contributed by atoms with E-state index < -0.39 is 0 Å². The fourth-order valence-electron chi connectivity index (χ4n) is 1.25. The Bertz CT molecular complexity index is 367. The maximum atomic E-state index is 5.50. The standard InChI is InChI=1S/C11H11NO.ClH/c12-8-9-3-5-10(6-4-9)11-2-1-7-13-11;/h1-7H,8,12H2;1H. The normalized spacial score (nSPS) is 9.50. The predicted octanol–water partition coefficient (Wildman–Crippen LogP) is 2.83. The highest BCUT2D eigenvalue weighted by Crippen LogP contribution is 2.19. The zero-order valence-electron chi connectivity index (χ0n) is 7.64. The van der Waals surface area contributed by atoms with Gasteiger partial charge in [-0.1, -0.05) is 24.3 Å². The molecule has 2 N–H and O–H groups in total. The smallest absolute Gasteiger partial charge is 0.133 e. The fraction of sp³-hybridized carbons (Fsp3) is 0.0909. The first kappa shape index (κ1) is 10.8. The van der Waals surface area contributed by atoms with Crippen molar-refractivity contribution >= 4 is 12.4 Å². The van der Waals surface area contributed by atoms with Crippen LogP contribution < -0.4 is 5.73 Å². The Labute approximate surface area is 89.1 Å². The van der Waals surface area contributed by atoms with Crippen LogP contribution in [0.15, 0.2) is 47.1 Å². The predicted molar refractivity (Wildman–Crippen MR) is 59.3 cm³/mol. The second-order valence-corrected chi connectivity index (χ2v) is 2.88. The van der Waals surface area contributed by atoms with Gasteiger partial charge in [0.25, 0.3) is 0 Å². The van der Waals surface area contributed by atoms with Crippen LogP contribution in [-0.2, 0) is 6.54 Å². The molecule has 2 rings (SSSR count). The molecule has 0 aliphatic rings. The van der Waals surface area contributed by atoms with Crippen LogP contribution in [0.2, 0.25) is 0 Å². The van der Waals surface area contributed by atoms with Crippen LogP contribution in [0.5, 0.6) is 0 Å². The summed E-state index contributed by atoms with van der Waals surface area (Å²) in [5.41, 5.74) is 7.72. The molecule has 1 heterocycles. The number of halogens is 1. The molecule has 0 bridgehead atoms. The maximum Gasteiger partial charge on any atom is 0.133 e. The van der Waals surface area contributed by atoms with Gasteiger partial charge in [0.15, 0.2) is 0 Å². The van der Waals surface area contributed by atoms with Crippen molar-refractivity contribution in [1.82, 2.24) is 0 Å². The van der Waals surface area contributed by atoms with E-state index in [1.54, 1.807) is 6.26 Å². The van der Waals surface area contributed by atoms with Gasteiger partial charge in [0.05, 0.1) is 6.26 Å². The third kappa shape index (κ3) is 2.16. The van der Waals surface area contributed by atoms with Gasteiger partial charge in [0, 0.05) is 12.1 Å². The highest BCUT2D eigenvalue weighted by molar-refractivity contribution is 5.85. The lowest BCUT2D eigenvalue weighted by molar-refractivity contribution is 0.582. The Morgan fingerprint density at radius 1 is 1.07 bits per heavy atom. The van der Waals surface area contributed by atoms with Crippen LogP contribution in [0.4, 0.5) is 0 Å². The van der Waals surface area contributed by atoms with Gasteiger partial charge in [-0.3, -0.25) is 0 Å². The first-order valence-electron chi connectivity index (χ1n) is 4.23. The molecule has 0 radical (unpaired) electrons. The molecule has 2 nitrogen and oxygen atoms in total. The van der Waals surface area contributed by atoms with E-state index in [1.807, 2.05) is 36.4 Å². The minimum absolute atomic E-state index is 0. The third-order valence-electron chi connectivity index (χ3n) is 2.00. The largest absolute Gasteiger partial charge is 0.464 e. The molecule has 14 heavy (non-hydrogen) atoms. The summed E-state index contributed by atoms with van der Waals surface area (Å²) in [5.74, 6) is 0.892. The molecule has 0 spiro atoms. The minimum Gasteiger partial charge on any atom is -0.464 e. The highest BCUT2D eigenvalue weighted by atomic mass is 35.5. The summed E-state index contributed by atoms with van der Waals surface area (Å²) in [7, 11) is 0. The Kier molecular flexibility index (Phi) is 3.74. The molecule has 1 aromatic heterocycles. The summed E-state index contributed by atoms with van der Waals surface area (Å²) in [6.07, 6.45) is 1.67. The molecule has 0 atom stereocenters. The Hall–Kier alpha value is -1.25. The summed E-state index contributed by atoms with van der Waals surface area (Å²) < 4.78 is 5.26. The van der Waals surface area contributed by atoms with E-state index >= 15 is 0 Å². The van der Waals surface area contributed by atoms with Crippen molar-refractivity contribution in [3.05, 3.63) is 48.2 Å². The zero-order valence-corrected chi connectivity index (χ0v) is 8.46. The van der Waals surface area contributed by atoms with Crippen molar-refractivity contribution in [2.45, 2.75) is 6.54 Å². The molecule has 0 saturated heterocycles. The number of benzene rings is 1. The molecule has 0 unspecified atom stereocenters. The Morgan fingerprint density at radius 3 is 2.29 bits per heavy atom. The molecule has 2 aromatic rings. The summed E-state index contributed by atoms with van der Waals surface area (Å²) in [6, 6.07) is 11.9. The second-order valence-electron chi connectivity index (χ2n) is 2.88. The molecular formula is C11H12ClNO. The Balaban J connectivity index is 0.000000980. The topological polar surface area (TPSA) is 39.2 Å². The van der Waals surface area contributed by atoms with Gasteiger partial charge in [-0.25, -0.2) is 0 Å². The van der Waals surface area contributed by atoms with Crippen LogP contribution in [0.25, 0.3) is 11.3 Å². The summed E-state index contributed by atoms with van der Waals surface area (Å²) in [5, 5.41) is 0. The van der Waals surface area contributed by atoms with Crippen LogP contribution in [0.1, 0.15) is 5.56 Å². The van der Waals surface area contributed by atoms with Crippen molar-refractivity contribution in [3.63, 3.8) is 0 Å². The van der Waals surface area contributed by atoms with E-state index in [1.165, 1.54) is 0 Å². The van der Waals surface area contributed by atoms with E-state index in [4.69, 9.17) is 10.2 Å². The number of furan rings is 1. The van der Waals surface area contributed by atoms with Crippen LogP contribution >= 0.6 is 12.4 Å². The first-order chi connectivity index (χ1) is 6.40. The number of hydrogen-bond acceptors (Lipinski definition) is 2. The molecule has 0 saturated carbocycles. The average molecular weight is 210 g/mol. The van der Waals surface area contributed by atoms with E-state index in [-0.39, 0.29) is 12.4 Å². The van der Waals surface area contributed by atoms with E-state index in [9.17, 15) is 0 Å². The molecule has 0 aliphatic carbocycles. The lowest BCUT2D eigenvalue weighted by Crippen LogP contribution is -1.94. The van der Waals surface area contributed by atoms with Crippen molar-refractivity contribution in [3.8, 4) is 11.3 Å². The molecule has 3 heteroatoms. The number of rotatable bonds is 2. The van der Waals surface area contributed by atoms with Gasteiger partial charge < -0.3 is 10.2 Å². The number of hydrogen-bond donors (Lipinski definition) is 1. The summed E-state index contributed by atoms with van der Waals surface area (Å²) in [4.78, 5) is 0. The maximum absolute atomic E-state index is 5.50.